The van der Waals surface area contributed by atoms with E-state index in [-0.39, 0.29) is 0 Å². The fourth-order valence-electron chi connectivity index (χ4n) is 2.01. The maximum atomic E-state index is 14.4. The lowest BCUT2D eigenvalue weighted by Gasteiger charge is -2.02. The van der Waals surface area contributed by atoms with Crippen molar-refractivity contribution in [3.63, 3.8) is 0 Å². The summed E-state index contributed by atoms with van der Waals surface area (Å²) in [6, 6.07) is 17.3. The number of halogens is 1. The Bertz CT molecular complexity index is 568. The first-order valence-electron chi connectivity index (χ1n) is 5.73. The van der Waals surface area contributed by atoms with Gasteiger partial charge in [0.25, 0.3) is 0 Å². The number of Topliss-reactive ketones (excluding diaryl/α,β-unsaturated/α-hetero) is 1. The second kappa shape index (κ2) is 4.03. The summed E-state index contributed by atoms with van der Waals surface area (Å²) in [4.78, 5) is 12.0. The van der Waals surface area contributed by atoms with Crippen LogP contribution in [0.25, 0.3) is 0 Å². The molecular formula is C15H11FO2. The highest BCUT2D eigenvalue weighted by Crippen LogP contribution is 2.52. The first-order chi connectivity index (χ1) is 8.72. The van der Waals surface area contributed by atoms with Gasteiger partial charge in [-0.25, -0.2) is 0 Å². The molecule has 1 saturated heterocycles. The highest BCUT2D eigenvalue weighted by molar-refractivity contribution is 6.03. The molecule has 90 valence electrons. The first-order valence-corrected chi connectivity index (χ1v) is 5.73. The van der Waals surface area contributed by atoms with E-state index in [1.165, 1.54) is 0 Å². The maximum Gasteiger partial charge on any atom is 0.304 e. The predicted octanol–water partition coefficient (Wildman–Crippen LogP) is 3.31. The van der Waals surface area contributed by atoms with Crippen LogP contribution in [0.5, 0.6) is 0 Å². The van der Waals surface area contributed by atoms with E-state index in [2.05, 4.69) is 0 Å². The summed E-state index contributed by atoms with van der Waals surface area (Å²) in [5.74, 6) is -2.82. The lowest BCUT2D eigenvalue weighted by atomic mass is 10.0. The first kappa shape index (κ1) is 11.1. The molecule has 2 atom stereocenters. The molecule has 0 N–H and O–H groups in total. The lowest BCUT2D eigenvalue weighted by molar-refractivity contribution is 0.0664. The summed E-state index contributed by atoms with van der Waals surface area (Å²) in [6.45, 7) is 0. The van der Waals surface area contributed by atoms with Crippen LogP contribution in [0.15, 0.2) is 60.7 Å². The van der Waals surface area contributed by atoms with Gasteiger partial charge in [0.2, 0.25) is 5.78 Å². The number of rotatable bonds is 3. The number of hydrogen-bond acceptors (Lipinski definition) is 2. The number of ketones is 1. The normalized spacial score (nSPS) is 25.7. The van der Waals surface area contributed by atoms with Gasteiger partial charge < -0.3 is 4.74 Å². The third kappa shape index (κ3) is 1.73. The zero-order valence-electron chi connectivity index (χ0n) is 9.55. The minimum absolute atomic E-state index is 0.332. The molecule has 0 spiro atoms. The Balaban J connectivity index is 1.85. The Hall–Kier alpha value is -2.00. The zero-order chi connectivity index (χ0) is 12.6. The minimum atomic E-state index is -2.21. The summed E-state index contributed by atoms with van der Waals surface area (Å²) in [5.41, 5.74) is 1.02. The Morgan fingerprint density at radius 3 is 2.17 bits per heavy atom. The number of hydrogen-bond donors (Lipinski definition) is 0. The number of carbonyl (C=O) groups excluding carboxylic acids is 1. The summed E-state index contributed by atoms with van der Waals surface area (Å²) in [7, 11) is 0. The summed E-state index contributed by atoms with van der Waals surface area (Å²) < 4.78 is 19.3. The molecule has 3 heteroatoms. The van der Waals surface area contributed by atoms with Crippen LogP contribution in [0.3, 0.4) is 0 Å². The number of epoxide rings is 1. The Morgan fingerprint density at radius 2 is 1.56 bits per heavy atom. The predicted molar refractivity (Wildman–Crippen MR) is 64.9 cm³/mol. The Kier molecular flexibility index (Phi) is 2.49. The van der Waals surface area contributed by atoms with E-state index in [1.54, 1.807) is 54.6 Å². The molecule has 1 aliphatic heterocycles. The van der Waals surface area contributed by atoms with Crippen LogP contribution in [0.1, 0.15) is 22.0 Å². The zero-order valence-corrected chi connectivity index (χ0v) is 9.55. The Labute approximate surface area is 104 Å². The molecule has 0 radical (unpaired) electrons. The van der Waals surface area contributed by atoms with Crippen LogP contribution in [-0.4, -0.2) is 11.6 Å². The third-order valence-electron chi connectivity index (χ3n) is 3.02. The second-order valence-corrected chi connectivity index (χ2v) is 4.25. The molecule has 0 amide bonds. The molecule has 1 fully saturated rings. The van der Waals surface area contributed by atoms with Gasteiger partial charge in [0, 0.05) is 5.56 Å². The van der Waals surface area contributed by atoms with E-state index >= 15 is 0 Å². The molecule has 1 aliphatic rings. The van der Waals surface area contributed by atoms with E-state index in [0.29, 0.717) is 11.1 Å². The van der Waals surface area contributed by atoms with Gasteiger partial charge in [0.05, 0.1) is 0 Å². The van der Waals surface area contributed by atoms with Gasteiger partial charge in [0.1, 0.15) is 0 Å². The van der Waals surface area contributed by atoms with Crippen molar-refractivity contribution < 1.29 is 13.9 Å². The van der Waals surface area contributed by atoms with Gasteiger partial charge in [-0.1, -0.05) is 60.7 Å². The molecule has 0 bridgehead atoms. The summed E-state index contributed by atoms with van der Waals surface area (Å²) in [5, 5.41) is 0. The van der Waals surface area contributed by atoms with Gasteiger partial charge in [-0.05, 0) is 5.56 Å². The summed E-state index contributed by atoms with van der Waals surface area (Å²) in [6.07, 6.45) is -0.786. The second-order valence-electron chi connectivity index (χ2n) is 4.25. The number of alkyl halides is 1. The molecule has 0 saturated carbocycles. The summed E-state index contributed by atoms with van der Waals surface area (Å²) >= 11 is 0. The van der Waals surface area contributed by atoms with Crippen LogP contribution in [0, 0.1) is 0 Å². The fraction of sp³-hybridized carbons (Fsp3) is 0.133. The number of ether oxygens (including phenoxy) is 1. The lowest BCUT2D eigenvalue weighted by Crippen LogP contribution is -2.19. The quantitative estimate of drug-likeness (QED) is 0.610. The smallest absolute Gasteiger partial charge is 0.304 e. The highest BCUT2D eigenvalue weighted by Gasteiger charge is 2.64. The van der Waals surface area contributed by atoms with E-state index in [4.69, 9.17) is 4.74 Å². The van der Waals surface area contributed by atoms with E-state index in [9.17, 15) is 9.18 Å². The Morgan fingerprint density at radius 1 is 1.00 bits per heavy atom. The van der Waals surface area contributed by atoms with Crippen molar-refractivity contribution in [3.8, 4) is 0 Å². The molecule has 0 aliphatic carbocycles. The molecule has 0 aromatic heterocycles. The minimum Gasteiger partial charge on any atom is -0.323 e. The van der Waals surface area contributed by atoms with Crippen molar-refractivity contribution >= 4 is 5.78 Å². The van der Waals surface area contributed by atoms with Crippen molar-refractivity contribution in [3.05, 3.63) is 71.8 Å². The molecule has 2 nitrogen and oxygen atoms in total. The topological polar surface area (TPSA) is 29.6 Å². The van der Waals surface area contributed by atoms with Gasteiger partial charge in [-0.3, -0.25) is 4.79 Å². The van der Waals surface area contributed by atoms with E-state index < -0.39 is 17.7 Å². The molecule has 18 heavy (non-hydrogen) atoms. The largest absolute Gasteiger partial charge is 0.323 e. The molecule has 3 rings (SSSR count). The molecular weight excluding hydrogens is 231 g/mol. The van der Waals surface area contributed by atoms with Gasteiger partial charge in [-0.2, -0.15) is 4.39 Å². The fourth-order valence-corrected chi connectivity index (χ4v) is 2.01. The number of carbonyl (C=O) groups is 1. The number of benzene rings is 2. The highest BCUT2D eigenvalue weighted by atomic mass is 19.2. The van der Waals surface area contributed by atoms with Crippen LogP contribution in [0.2, 0.25) is 0 Å². The third-order valence-corrected chi connectivity index (χ3v) is 3.02. The van der Waals surface area contributed by atoms with Gasteiger partial charge in [0.15, 0.2) is 6.10 Å². The van der Waals surface area contributed by atoms with Crippen molar-refractivity contribution in [2.45, 2.75) is 12.0 Å². The SMILES string of the molecule is O=C(c1ccccc1)C1(F)OC1c1ccccc1. The molecule has 2 unspecified atom stereocenters. The van der Waals surface area contributed by atoms with Gasteiger partial charge >= 0.3 is 5.85 Å². The standard InChI is InChI=1S/C15H11FO2/c16-15(13(17)11-7-3-1-4-8-11)14(18-15)12-9-5-2-6-10-12/h1-10,14H. The van der Waals surface area contributed by atoms with Crippen molar-refractivity contribution in [1.82, 2.24) is 0 Å². The van der Waals surface area contributed by atoms with Crippen molar-refractivity contribution in [2.24, 2.45) is 0 Å². The van der Waals surface area contributed by atoms with Crippen molar-refractivity contribution in [1.29, 1.82) is 0 Å². The molecule has 1 heterocycles. The molecule has 2 aromatic carbocycles. The molecule has 2 aromatic rings. The monoisotopic (exact) mass is 242 g/mol. The van der Waals surface area contributed by atoms with Crippen LogP contribution in [-0.2, 0) is 4.74 Å². The van der Waals surface area contributed by atoms with E-state index in [1.807, 2.05) is 6.07 Å². The maximum absolute atomic E-state index is 14.4. The van der Waals surface area contributed by atoms with Crippen LogP contribution >= 0.6 is 0 Å². The van der Waals surface area contributed by atoms with Crippen LogP contribution < -0.4 is 0 Å². The average Bonchev–Trinajstić information content (AvgIpc) is 3.14. The van der Waals surface area contributed by atoms with Gasteiger partial charge in [-0.15, -0.1) is 0 Å². The average molecular weight is 242 g/mol. The van der Waals surface area contributed by atoms with Crippen LogP contribution in [0.4, 0.5) is 4.39 Å². The van der Waals surface area contributed by atoms with E-state index in [0.717, 1.165) is 0 Å². The van der Waals surface area contributed by atoms with Crippen molar-refractivity contribution in [2.75, 3.05) is 0 Å².